The summed E-state index contributed by atoms with van der Waals surface area (Å²) >= 11 is 0. The van der Waals surface area contributed by atoms with E-state index in [1.54, 1.807) is 12.3 Å². The minimum absolute atomic E-state index is 0.0746. The van der Waals surface area contributed by atoms with Crippen LogP contribution in [0.25, 0.3) is 0 Å². The Balaban J connectivity index is 1.87. The average molecular weight is 283 g/mol. The molecule has 0 radical (unpaired) electrons. The van der Waals surface area contributed by atoms with E-state index >= 15 is 0 Å². The number of rotatable bonds is 7. The van der Waals surface area contributed by atoms with E-state index in [-0.39, 0.29) is 5.91 Å². The van der Waals surface area contributed by atoms with E-state index in [1.165, 1.54) is 5.56 Å². The lowest BCUT2D eigenvalue weighted by molar-refractivity contribution is -0.116. The zero-order valence-electron chi connectivity index (χ0n) is 12.3. The summed E-state index contributed by atoms with van der Waals surface area (Å²) in [6, 6.07) is 10.3. The maximum absolute atomic E-state index is 11.6. The van der Waals surface area contributed by atoms with E-state index in [1.807, 2.05) is 37.4 Å². The second-order valence-electron chi connectivity index (χ2n) is 4.80. The minimum Gasteiger partial charge on any atom is -0.345 e. The first-order chi connectivity index (χ1) is 10.3. The second kappa shape index (κ2) is 8.04. The number of amides is 1. The Kier molecular flexibility index (Phi) is 5.76. The van der Waals surface area contributed by atoms with Crippen LogP contribution in [0.15, 0.2) is 54.9 Å². The third kappa shape index (κ3) is 4.91. The number of benzene rings is 1. The van der Waals surface area contributed by atoms with Crippen molar-refractivity contribution in [3.05, 3.63) is 66.3 Å². The Bertz CT molecular complexity index is 587. The van der Waals surface area contributed by atoms with Crippen LogP contribution in [-0.2, 0) is 24.3 Å². The van der Waals surface area contributed by atoms with Gasteiger partial charge in [0.2, 0.25) is 5.91 Å². The average Bonchev–Trinajstić information content (AvgIpc) is 2.97. The van der Waals surface area contributed by atoms with Gasteiger partial charge in [-0.05, 0) is 24.5 Å². The van der Waals surface area contributed by atoms with Crippen molar-refractivity contribution in [2.75, 3.05) is 0 Å². The first kappa shape index (κ1) is 15.0. The molecule has 0 aliphatic heterocycles. The van der Waals surface area contributed by atoms with Crippen LogP contribution in [0, 0.1) is 0 Å². The molecule has 0 spiro atoms. The van der Waals surface area contributed by atoms with Crippen LogP contribution >= 0.6 is 0 Å². The standard InChI is InChI=1S/C17H21N3O/c1-2-3-9-17(21)19-14-16-18-11-13-20(16)12-10-15-7-5-4-6-8-15/h3-9,11,13H,2,10,12,14H2,1H3,(H,19,21)/b9-3+. The summed E-state index contributed by atoms with van der Waals surface area (Å²) in [5.41, 5.74) is 1.30. The molecule has 110 valence electrons. The third-order valence-corrected chi connectivity index (χ3v) is 3.21. The summed E-state index contributed by atoms with van der Waals surface area (Å²) in [5.74, 6) is 0.804. The molecule has 21 heavy (non-hydrogen) atoms. The quantitative estimate of drug-likeness (QED) is 0.794. The molecular formula is C17H21N3O. The molecule has 0 fully saturated rings. The normalized spacial score (nSPS) is 10.9. The van der Waals surface area contributed by atoms with E-state index in [0.29, 0.717) is 6.54 Å². The molecule has 1 N–H and O–H groups in total. The molecule has 4 heteroatoms. The molecular weight excluding hydrogens is 262 g/mol. The van der Waals surface area contributed by atoms with Gasteiger partial charge in [0.1, 0.15) is 5.82 Å². The Morgan fingerprint density at radius 3 is 2.90 bits per heavy atom. The van der Waals surface area contributed by atoms with Crippen molar-refractivity contribution >= 4 is 5.91 Å². The van der Waals surface area contributed by atoms with Crippen LogP contribution in [0.3, 0.4) is 0 Å². The molecule has 1 aromatic carbocycles. The number of nitrogens with zero attached hydrogens (tertiary/aromatic N) is 2. The van der Waals surface area contributed by atoms with Gasteiger partial charge in [-0.25, -0.2) is 4.98 Å². The van der Waals surface area contributed by atoms with Crippen molar-refractivity contribution in [1.82, 2.24) is 14.9 Å². The Morgan fingerprint density at radius 1 is 1.33 bits per heavy atom. The molecule has 1 aromatic heterocycles. The fourth-order valence-corrected chi connectivity index (χ4v) is 2.06. The molecule has 1 amide bonds. The van der Waals surface area contributed by atoms with Crippen LogP contribution in [-0.4, -0.2) is 15.5 Å². The van der Waals surface area contributed by atoms with E-state index < -0.39 is 0 Å². The fourth-order valence-electron chi connectivity index (χ4n) is 2.06. The molecule has 2 rings (SSSR count). The Hall–Kier alpha value is -2.36. The van der Waals surface area contributed by atoms with Crippen LogP contribution < -0.4 is 5.32 Å². The summed E-state index contributed by atoms with van der Waals surface area (Å²) in [5, 5.41) is 2.85. The highest BCUT2D eigenvalue weighted by Gasteiger charge is 2.04. The van der Waals surface area contributed by atoms with E-state index in [4.69, 9.17) is 0 Å². The Morgan fingerprint density at radius 2 is 2.14 bits per heavy atom. The van der Waals surface area contributed by atoms with Crippen molar-refractivity contribution in [3.63, 3.8) is 0 Å². The summed E-state index contributed by atoms with van der Waals surface area (Å²) in [6.07, 6.45) is 8.95. The van der Waals surface area contributed by atoms with Crippen LogP contribution in [0.4, 0.5) is 0 Å². The van der Waals surface area contributed by atoms with Gasteiger partial charge in [-0.2, -0.15) is 0 Å². The van der Waals surface area contributed by atoms with Gasteiger partial charge in [-0.15, -0.1) is 0 Å². The second-order valence-corrected chi connectivity index (χ2v) is 4.80. The first-order valence-corrected chi connectivity index (χ1v) is 7.28. The highest BCUT2D eigenvalue weighted by atomic mass is 16.1. The van der Waals surface area contributed by atoms with Crippen molar-refractivity contribution in [1.29, 1.82) is 0 Å². The molecule has 2 aromatic rings. The number of hydrogen-bond donors (Lipinski definition) is 1. The molecule has 0 saturated heterocycles. The molecule has 0 unspecified atom stereocenters. The van der Waals surface area contributed by atoms with Crippen molar-refractivity contribution < 1.29 is 4.79 Å². The smallest absolute Gasteiger partial charge is 0.244 e. The maximum Gasteiger partial charge on any atom is 0.244 e. The van der Waals surface area contributed by atoms with Gasteiger partial charge < -0.3 is 9.88 Å². The summed E-state index contributed by atoms with van der Waals surface area (Å²) in [7, 11) is 0. The molecule has 1 heterocycles. The number of aryl methyl sites for hydroxylation is 2. The predicted molar refractivity (Wildman–Crippen MR) is 83.7 cm³/mol. The number of allylic oxidation sites excluding steroid dienone is 1. The van der Waals surface area contributed by atoms with Crippen molar-refractivity contribution in [3.8, 4) is 0 Å². The van der Waals surface area contributed by atoms with Crippen LogP contribution in [0.2, 0.25) is 0 Å². The van der Waals surface area contributed by atoms with Gasteiger partial charge in [0.25, 0.3) is 0 Å². The number of imidazole rings is 1. The number of hydrogen-bond acceptors (Lipinski definition) is 2. The zero-order valence-corrected chi connectivity index (χ0v) is 12.3. The molecule has 0 atom stereocenters. The molecule has 0 aliphatic carbocycles. The van der Waals surface area contributed by atoms with Gasteiger partial charge in [-0.1, -0.05) is 43.3 Å². The van der Waals surface area contributed by atoms with Gasteiger partial charge >= 0.3 is 0 Å². The van der Waals surface area contributed by atoms with Crippen molar-refractivity contribution in [2.24, 2.45) is 0 Å². The van der Waals surface area contributed by atoms with Crippen molar-refractivity contribution in [2.45, 2.75) is 32.9 Å². The predicted octanol–water partition coefficient (Wildman–Crippen LogP) is 2.71. The maximum atomic E-state index is 11.6. The fraction of sp³-hybridized carbons (Fsp3) is 0.294. The SMILES string of the molecule is CC/C=C/C(=O)NCc1nccn1CCc1ccccc1. The number of carbonyl (C=O) groups is 1. The highest BCUT2D eigenvalue weighted by molar-refractivity contribution is 5.87. The zero-order chi connectivity index (χ0) is 14.9. The van der Waals surface area contributed by atoms with E-state index in [0.717, 1.165) is 25.2 Å². The number of carbonyl (C=O) groups excluding carboxylic acids is 1. The molecule has 4 nitrogen and oxygen atoms in total. The van der Waals surface area contributed by atoms with Gasteiger partial charge in [0.15, 0.2) is 0 Å². The van der Waals surface area contributed by atoms with E-state index in [9.17, 15) is 4.79 Å². The topological polar surface area (TPSA) is 46.9 Å². The van der Waals surface area contributed by atoms with Gasteiger partial charge in [-0.3, -0.25) is 4.79 Å². The summed E-state index contributed by atoms with van der Waals surface area (Å²) < 4.78 is 2.08. The Labute approximate surface area is 125 Å². The third-order valence-electron chi connectivity index (χ3n) is 3.21. The monoisotopic (exact) mass is 283 g/mol. The van der Waals surface area contributed by atoms with Crippen LogP contribution in [0.5, 0.6) is 0 Å². The largest absolute Gasteiger partial charge is 0.345 e. The lowest BCUT2D eigenvalue weighted by Crippen LogP contribution is -2.23. The number of nitrogens with one attached hydrogen (secondary N) is 1. The minimum atomic E-state index is -0.0746. The van der Waals surface area contributed by atoms with E-state index in [2.05, 4.69) is 27.0 Å². The van der Waals surface area contributed by atoms with Crippen LogP contribution in [0.1, 0.15) is 24.7 Å². The highest BCUT2D eigenvalue weighted by Crippen LogP contribution is 2.04. The molecule has 0 saturated carbocycles. The first-order valence-electron chi connectivity index (χ1n) is 7.28. The lowest BCUT2D eigenvalue weighted by Gasteiger charge is -2.08. The molecule has 0 bridgehead atoms. The number of aromatic nitrogens is 2. The van der Waals surface area contributed by atoms with Gasteiger partial charge in [0, 0.05) is 18.9 Å². The molecule has 0 aliphatic rings. The summed E-state index contributed by atoms with van der Waals surface area (Å²) in [6.45, 7) is 3.31. The lowest BCUT2D eigenvalue weighted by atomic mass is 10.1. The van der Waals surface area contributed by atoms with Gasteiger partial charge in [0.05, 0.1) is 6.54 Å². The summed E-state index contributed by atoms with van der Waals surface area (Å²) in [4.78, 5) is 15.9.